The quantitative estimate of drug-likeness (QED) is 0.369. The largest absolute Gasteiger partial charge is 0.393 e. The first kappa shape index (κ1) is 20.9. The third-order valence-corrected chi connectivity index (χ3v) is 5.28. The molecule has 0 saturated carbocycles. The Morgan fingerprint density at radius 2 is 1.24 bits per heavy atom. The second-order valence-electron chi connectivity index (χ2n) is 6.07. The van der Waals surface area contributed by atoms with E-state index in [2.05, 4.69) is 6.92 Å². The maximum atomic E-state index is 11.2. The van der Waals surface area contributed by atoms with Crippen molar-refractivity contribution in [1.29, 1.82) is 0 Å². The molecule has 0 fully saturated rings. The number of hydrogen-bond donors (Lipinski definition) is 2. The summed E-state index contributed by atoms with van der Waals surface area (Å²) >= 11 is 0. The molecular weight excluding hydrogens is 288 g/mol. The van der Waals surface area contributed by atoms with Gasteiger partial charge in [-0.25, -0.2) is 0 Å². The maximum Gasteiger partial charge on any atom is 0.267 e. The highest BCUT2D eigenvalue weighted by atomic mass is 32.2. The molecular formula is C16H34O4S. The number of aliphatic hydroxyl groups is 1. The summed E-state index contributed by atoms with van der Waals surface area (Å²) in [5, 5.41) is 9.02. The molecule has 0 rings (SSSR count). The summed E-state index contributed by atoms with van der Waals surface area (Å²) < 4.78 is 31.5. The summed E-state index contributed by atoms with van der Waals surface area (Å²) in [6.45, 7) is 4.02. The fourth-order valence-electron chi connectivity index (χ4n) is 2.70. The van der Waals surface area contributed by atoms with E-state index in [-0.39, 0.29) is 6.10 Å². The minimum Gasteiger partial charge on any atom is -0.393 e. The molecule has 0 aliphatic rings. The van der Waals surface area contributed by atoms with Crippen LogP contribution in [-0.4, -0.2) is 29.4 Å². The van der Waals surface area contributed by atoms with E-state index in [4.69, 9.17) is 4.55 Å². The lowest BCUT2D eigenvalue weighted by Gasteiger charge is -2.12. The Balaban J connectivity index is 3.54. The molecule has 0 aromatic carbocycles. The van der Waals surface area contributed by atoms with Gasteiger partial charge in [-0.1, -0.05) is 65.2 Å². The van der Waals surface area contributed by atoms with Crippen molar-refractivity contribution < 1.29 is 18.1 Å². The molecule has 0 radical (unpaired) electrons. The standard InChI is InChI=1S/C16H34O4S/c1-3-11-15(17)13-9-7-5-6-8-10-14-16(12-4-2)21(18,19)20/h15-17H,3-14H2,1-2H3,(H,18,19,20). The van der Waals surface area contributed by atoms with Gasteiger partial charge in [0.25, 0.3) is 10.1 Å². The highest BCUT2D eigenvalue weighted by molar-refractivity contribution is 7.86. The number of hydrogen-bond acceptors (Lipinski definition) is 3. The van der Waals surface area contributed by atoms with Crippen molar-refractivity contribution in [2.45, 2.75) is 102 Å². The van der Waals surface area contributed by atoms with E-state index in [1.54, 1.807) is 0 Å². The molecule has 128 valence electrons. The second kappa shape index (κ2) is 12.4. The Morgan fingerprint density at radius 1 is 0.762 bits per heavy atom. The van der Waals surface area contributed by atoms with Crippen LogP contribution < -0.4 is 0 Å². The Morgan fingerprint density at radius 3 is 1.71 bits per heavy atom. The van der Waals surface area contributed by atoms with Crippen LogP contribution in [0, 0.1) is 0 Å². The maximum absolute atomic E-state index is 11.2. The smallest absolute Gasteiger partial charge is 0.267 e. The molecule has 2 N–H and O–H groups in total. The summed E-state index contributed by atoms with van der Waals surface area (Å²) in [5.41, 5.74) is 0. The van der Waals surface area contributed by atoms with Crippen molar-refractivity contribution in [3.8, 4) is 0 Å². The van der Waals surface area contributed by atoms with E-state index < -0.39 is 15.4 Å². The molecule has 0 spiro atoms. The predicted octanol–water partition coefficient (Wildman–Crippen LogP) is 4.32. The van der Waals surface area contributed by atoms with Crippen molar-refractivity contribution in [2.75, 3.05) is 0 Å². The zero-order valence-electron chi connectivity index (χ0n) is 13.8. The van der Waals surface area contributed by atoms with Crippen molar-refractivity contribution in [3.63, 3.8) is 0 Å². The molecule has 0 aliphatic carbocycles. The summed E-state index contributed by atoms with van der Waals surface area (Å²) in [6.07, 6.45) is 10.9. The van der Waals surface area contributed by atoms with Crippen LogP contribution in [0.3, 0.4) is 0 Å². The van der Waals surface area contributed by atoms with E-state index in [9.17, 15) is 13.5 Å². The minimum absolute atomic E-state index is 0.139. The fourth-order valence-corrected chi connectivity index (χ4v) is 3.70. The van der Waals surface area contributed by atoms with Crippen LogP contribution in [0.4, 0.5) is 0 Å². The second-order valence-corrected chi connectivity index (χ2v) is 7.76. The Labute approximate surface area is 131 Å². The summed E-state index contributed by atoms with van der Waals surface area (Å²) in [5.74, 6) is 0. The third kappa shape index (κ3) is 12.1. The molecule has 0 aliphatic heterocycles. The summed E-state index contributed by atoms with van der Waals surface area (Å²) in [7, 11) is -3.87. The molecule has 5 heteroatoms. The molecule has 2 unspecified atom stereocenters. The van der Waals surface area contributed by atoms with E-state index >= 15 is 0 Å². The van der Waals surface area contributed by atoms with Gasteiger partial charge in [-0.05, 0) is 25.7 Å². The van der Waals surface area contributed by atoms with Crippen LogP contribution in [0.1, 0.15) is 90.9 Å². The zero-order chi connectivity index (χ0) is 16.1. The molecule has 2 atom stereocenters. The van der Waals surface area contributed by atoms with Crippen LogP contribution in [0.25, 0.3) is 0 Å². The average Bonchev–Trinajstić information content (AvgIpc) is 2.39. The van der Waals surface area contributed by atoms with E-state index in [0.717, 1.165) is 64.2 Å². The van der Waals surface area contributed by atoms with Gasteiger partial charge in [0.05, 0.1) is 11.4 Å². The van der Waals surface area contributed by atoms with Gasteiger partial charge in [0.15, 0.2) is 0 Å². The lowest BCUT2D eigenvalue weighted by Crippen LogP contribution is -2.20. The monoisotopic (exact) mass is 322 g/mol. The average molecular weight is 323 g/mol. The Hall–Kier alpha value is -0.130. The van der Waals surface area contributed by atoms with Gasteiger partial charge >= 0.3 is 0 Å². The SMILES string of the molecule is CCCC(O)CCCCCCCCC(CCC)S(=O)(=O)O. The number of unbranched alkanes of at least 4 members (excludes halogenated alkanes) is 5. The van der Waals surface area contributed by atoms with Crippen LogP contribution in [0.15, 0.2) is 0 Å². The summed E-state index contributed by atoms with van der Waals surface area (Å²) in [4.78, 5) is 0. The zero-order valence-corrected chi connectivity index (χ0v) is 14.6. The lowest BCUT2D eigenvalue weighted by atomic mass is 10.0. The normalized spacial score (nSPS) is 15.0. The fraction of sp³-hybridized carbons (Fsp3) is 1.00. The van der Waals surface area contributed by atoms with E-state index in [1.165, 1.54) is 0 Å². The topological polar surface area (TPSA) is 74.6 Å². The third-order valence-electron chi connectivity index (χ3n) is 3.97. The van der Waals surface area contributed by atoms with E-state index in [0.29, 0.717) is 12.8 Å². The first-order valence-electron chi connectivity index (χ1n) is 8.56. The van der Waals surface area contributed by atoms with Crippen molar-refractivity contribution in [1.82, 2.24) is 0 Å². The number of aliphatic hydroxyl groups excluding tert-OH is 1. The van der Waals surface area contributed by atoms with Crippen LogP contribution in [0.5, 0.6) is 0 Å². The molecule has 0 saturated heterocycles. The van der Waals surface area contributed by atoms with Gasteiger partial charge in [-0.2, -0.15) is 8.42 Å². The molecule has 0 aromatic heterocycles. The van der Waals surface area contributed by atoms with Gasteiger partial charge in [-0.3, -0.25) is 4.55 Å². The molecule has 4 nitrogen and oxygen atoms in total. The van der Waals surface area contributed by atoms with Gasteiger partial charge in [-0.15, -0.1) is 0 Å². The lowest BCUT2D eigenvalue weighted by molar-refractivity contribution is 0.150. The molecule has 0 amide bonds. The molecule has 0 bridgehead atoms. The molecule has 0 aromatic rings. The highest BCUT2D eigenvalue weighted by Gasteiger charge is 2.20. The van der Waals surface area contributed by atoms with Crippen molar-refractivity contribution >= 4 is 10.1 Å². The van der Waals surface area contributed by atoms with Gasteiger partial charge in [0, 0.05) is 0 Å². The highest BCUT2D eigenvalue weighted by Crippen LogP contribution is 2.17. The van der Waals surface area contributed by atoms with E-state index in [1.807, 2.05) is 6.92 Å². The number of rotatable bonds is 14. The van der Waals surface area contributed by atoms with Crippen molar-refractivity contribution in [3.05, 3.63) is 0 Å². The first-order chi connectivity index (χ1) is 9.91. The van der Waals surface area contributed by atoms with Crippen LogP contribution in [-0.2, 0) is 10.1 Å². The Kier molecular flexibility index (Phi) is 12.3. The van der Waals surface area contributed by atoms with Crippen molar-refractivity contribution in [2.24, 2.45) is 0 Å². The van der Waals surface area contributed by atoms with Gasteiger partial charge in [0.2, 0.25) is 0 Å². The van der Waals surface area contributed by atoms with Crippen LogP contribution in [0.2, 0.25) is 0 Å². The molecule has 0 heterocycles. The van der Waals surface area contributed by atoms with Gasteiger partial charge in [0.1, 0.15) is 0 Å². The van der Waals surface area contributed by atoms with Gasteiger partial charge < -0.3 is 5.11 Å². The van der Waals surface area contributed by atoms with Crippen LogP contribution >= 0.6 is 0 Å². The summed E-state index contributed by atoms with van der Waals surface area (Å²) in [6, 6.07) is 0. The minimum atomic E-state index is -3.87. The Bertz CT molecular complexity index is 327. The predicted molar refractivity (Wildman–Crippen MR) is 88.1 cm³/mol. The first-order valence-corrected chi connectivity index (χ1v) is 10.1. The molecule has 21 heavy (non-hydrogen) atoms.